The van der Waals surface area contributed by atoms with Gasteiger partial charge in [-0.3, -0.25) is 9.78 Å². The number of hydrogen-bond acceptors (Lipinski definition) is 5. The number of aryl methyl sites for hydroxylation is 1. The molecule has 3 rings (SSSR count). The number of carbonyl (C=O) groups excluding carboxylic acids is 1. The van der Waals surface area contributed by atoms with Crippen LogP contribution in [0.15, 0.2) is 47.6 Å². The minimum Gasteiger partial charge on any atom is -0.378 e. The highest BCUT2D eigenvalue weighted by molar-refractivity contribution is 7.89. The maximum Gasteiger partial charge on any atom is 0.254 e. The van der Waals surface area contributed by atoms with Crippen LogP contribution in [0, 0.1) is 6.92 Å². The predicted molar refractivity (Wildman–Crippen MR) is 96.2 cm³/mol. The molecular weight excluding hydrogens is 354 g/mol. The van der Waals surface area contributed by atoms with Crippen molar-refractivity contribution in [3.05, 3.63) is 59.4 Å². The van der Waals surface area contributed by atoms with E-state index in [9.17, 15) is 13.2 Å². The summed E-state index contributed by atoms with van der Waals surface area (Å²) in [6.07, 6.45) is 3.21. The number of pyridine rings is 1. The second-order valence-electron chi connectivity index (χ2n) is 6.06. The third-order valence-electron chi connectivity index (χ3n) is 4.26. The van der Waals surface area contributed by atoms with Gasteiger partial charge in [0.15, 0.2) is 0 Å². The first-order chi connectivity index (χ1) is 12.5. The Hall–Kier alpha value is -2.29. The molecule has 0 unspecified atom stereocenters. The van der Waals surface area contributed by atoms with Gasteiger partial charge in [-0.15, -0.1) is 0 Å². The van der Waals surface area contributed by atoms with Gasteiger partial charge < -0.3 is 9.64 Å². The largest absolute Gasteiger partial charge is 0.378 e. The summed E-state index contributed by atoms with van der Waals surface area (Å²) in [6, 6.07) is 8.10. The topological polar surface area (TPSA) is 88.6 Å². The molecule has 1 saturated heterocycles. The fourth-order valence-electron chi connectivity index (χ4n) is 2.70. The fourth-order valence-corrected chi connectivity index (χ4v) is 3.74. The molecule has 2 heterocycles. The van der Waals surface area contributed by atoms with E-state index < -0.39 is 10.0 Å². The van der Waals surface area contributed by atoms with Crippen LogP contribution in [0.25, 0.3) is 0 Å². The zero-order valence-electron chi connectivity index (χ0n) is 14.5. The molecule has 1 aliphatic heterocycles. The normalized spacial score (nSPS) is 15.0. The van der Waals surface area contributed by atoms with Crippen molar-refractivity contribution in [2.45, 2.75) is 18.4 Å². The number of ether oxygens (including phenoxy) is 1. The van der Waals surface area contributed by atoms with Gasteiger partial charge in [0.1, 0.15) is 0 Å². The van der Waals surface area contributed by atoms with E-state index in [0.29, 0.717) is 31.9 Å². The van der Waals surface area contributed by atoms with Crippen LogP contribution < -0.4 is 4.72 Å². The van der Waals surface area contributed by atoms with Crippen molar-refractivity contribution in [1.82, 2.24) is 14.6 Å². The van der Waals surface area contributed by atoms with Gasteiger partial charge in [-0.1, -0.05) is 6.07 Å². The van der Waals surface area contributed by atoms with Crippen molar-refractivity contribution in [3.8, 4) is 0 Å². The monoisotopic (exact) mass is 375 g/mol. The average Bonchev–Trinajstić information content (AvgIpc) is 2.68. The van der Waals surface area contributed by atoms with E-state index in [2.05, 4.69) is 9.71 Å². The van der Waals surface area contributed by atoms with Crippen LogP contribution in [0.1, 0.15) is 21.5 Å². The lowest BCUT2D eigenvalue weighted by Crippen LogP contribution is -2.41. The zero-order valence-corrected chi connectivity index (χ0v) is 15.3. The SMILES string of the molecule is Cc1ccc(S(=O)(=O)NCc2ccncc2)cc1C(=O)N1CCOCC1. The van der Waals surface area contributed by atoms with Gasteiger partial charge in [-0.2, -0.15) is 0 Å². The van der Waals surface area contributed by atoms with Gasteiger partial charge in [-0.25, -0.2) is 13.1 Å². The van der Waals surface area contributed by atoms with E-state index in [1.807, 2.05) is 0 Å². The van der Waals surface area contributed by atoms with Crippen LogP contribution in [0.4, 0.5) is 0 Å². The molecule has 0 radical (unpaired) electrons. The van der Waals surface area contributed by atoms with Crippen molar-refractivity contribution in [3.63, 3.8) is 0 Å². The van der Waals surface area contributed by atoms with Gasteiger partial charge in [0, 0.05) is 37.6 Å². The van der Waals surface area contributed by atoms with E-state index in [-0.39, 0.29) is 17.3 Å². The molecule has 1 fully saturated rings. The molecule has 0 saturated carbocycles. The Morgan fingerprint density at radius 1 is 1.19 bits per heavy atom. The smallest absolute Gasteiger partial charge is 0.254 e. The second-order valence-corrected chi connectivity index (χ2v) is 7.83. The molecular formula is C18H21N3O4S. The van der Waals surface area contributed by atoms with Crippen molar-refractivity contribution in [2.24, 2.45) is 0 Å². The van der Waals surface area contributed by atoms with Crippen LogP contribution in [0.3, 0.4) is 0 Å². The predicted octanol–water partition coefficient (Wildman–Crippen LogP) is 1.34. The highest BCUT2D eigenvalue weighted by Crippen LogP contribution is 2.18. The number of nitrogens with zero attached hydrogens (tertiary/aromatic N) is 2. The summed E-state index contributed by atoms with van der Waals surface area (Å²) in [4.78, 5) is 18.4. The molecule has 0 spiro atoms. The first kappa shape index (κ1) is 18.5. The third kappa shape index (κ3) is 4.27. The summed E-state index contributed by atoms with van der Waals surface area (Å²) in [5.41, 5.74) is 1.95. The molecule has 2 aromatic rings. The van der Waals surface area contributed by atoms with E-state index in [0.717, 1.165) is 11.1 Å². The maximum absolute atomic E-state index is 12.7. The number of aromatic nitrogens is 1. The molecule has 138 valence electrons. The summed E-state index contributed by atoms with van der Waals surface area (Å²) in [5, 5.41) is 0. The molecule has 1 N–H and O–H groups in total. The number of carbonyl (C=O) groups is 1. The number of rotatable bonds is 5. The Morgan fingerprint density at radius 3 is 2.58 bits per heavy atom. The highest BCUT2D eigenvalue weighted by atomic mass is 32.2. The molecule has 7 nitrogen and oxygen atoms in total. The lowest BCUT2D eigenvalue weighted by atomic mass is 10.1. The van der Waals surface area contributed by atoms with Gasteiger partial charge in [0.2, 0.25) is 10.0 Å². The summed E-state index contributed by atoms with van der Waals surface area (Å²) in [5.74, 6) is -0.169. The second kappa shape index (κ2) is 7.94. The number of amides is 1. The lowest BCUT2D eigenvalue weighted by molar-refractivity contribution is 0.0302. The zero-order chi connectivity index (χ0) is 18.6. The number of sulfonamides is 1. The standard InChI is InChI=1S/C18H21N3O4S/c1-14-2-3-16(12-17(14)18(22)21-8-10-25-11-9-21)26(23,24)20-13-15-4-6-19-7-5-15/h2-7,12,20H,8-11,13H2,1H3. The van der Waals surface area contributed by atoms with Gasteiger partial charge in [0.05, 0.1) is 18.1 Å². The van der Waals surface area contributed by atoms with Crippen LogP contribution in [0.2, 0.25) is 0 Å². The van der Waals surface area contributed by atoms with Crippen LogP contribution in [0.5, 0.6) is 0 Å². The molecule has 1 aliphatic rings. The Morgan fingerprint density at radius 2 is 1.88 bits per heavy atom. The Kier molecular flexibility index (Phi) is 5.65. The Bertz CT molecular complexity index is 879. The minimum atomic E-state index is -3.73. The van der Waals surface area contributed by atoms with E-state index in [1.165, 1.54) is 12.1 Å². The Labute approximate surface area is 153 Å². The molecule has 0 aliphatic carbocycles. The van der Waals surface area contributed by atoms with Crippen molar-refractivity contribution >= 4 is 15.9 Å². The molecule has 26 heavy (non-hydrogen) atoms. The van der Waals surface area contributed by atoms with Crippen molar-refractivity contribution in [2.75, 3.05) is 26.3 Å². The van der Waals surface area contributed by atoms with Crippen LogP contribution in [-0.4, -0.2) is 50.5 Å². The number of benzene rings is 1. The number of hydrogen-bond donors (Lipinski definition) is 1. The van der Waals surface area contributed by atoms with Crippen molar-refractivity contribution < 1.29 is 17.9 Å². The Balaban J connectivity index is 1.80. The first-order valence-corrected chi connectivity index (χ1v) is 9.82. The first-order valence-electron chi connectivity index (χ1n) is 8.33. The number of nitrogens with one attached hydrogen (secondary N) is 1. The molecule has 0 bridgehead atoms. The maximum atomic E-state index is 12.7. The highest BCUT2D eigenvalue weighted by Gasteiger charge is 2.23. The van der Waals surface area contributed by atoms with Gasteiger partial charge in [-0.05, 0) is 42.3 Å². The quantitative estimate of drug-likeness (QED) is 0.852. The summed E-state index contributed by atoms with van der Waals surface area (Å²) < 4.78 is 33.0. The summed E-state index contributed by atoms with van der Waals surface area (Å²) in [7, 11) is -3.73. The van der Waals surface area contributed by atoms with Crippen molar-refractivity contribution in [1.29, 1.82) is 0 Å². The number of morpholine rings is 1. The van der Waals surface area contributed by atoms with E-state index in [1.54, 1.807) is 42.4 Å². The summed E-state index contributed by atoms with van der Waals surface area (Å²) in [6.45, 7) is 3.97. The fraction of sp³-hybridized carbons (Fsp3) is 0.333. The van der Waals surface area contributed by atoms with Crippen LogP contribution in [-0.2, 0) is 21.3 Å². The van der Waals surface area contributed by atoms with E-state index >= 15 is 0 Å². The molecule has 8 heteroatoms. The molecule has 1 aromatic carbocycles. The third-order valence-corrected chi connectivity index (χ3v) is 5.66. The minimum absolute atomic E-state index is 0.0776. The van der Waals surface area contributed by atoms with Gasteiger partial charge in [0.25, 0.3) is 5.91 Å². The van der Waals surface area contributed by atoms with Crippen LogP contribution >= 0.6 is 0 Å². The molecule has 0 atom stereocenters. The molecule has 1 amide bonds. The lowest BCUT2D eigenvalue weighted by Gasteiger charge is -2.27. The van der Waals surface area contributed by atoms with E-state index in [4.69, 9.17) is 4.74 Å². The average molecular weight is 375 g/mol. The molecule has 1 aromatic heterocycles. The summed E-state index contributed by atoms with van der Waals surface area (Å²) >= 11 is 0. The van der Waals surface area contributed by atoms with Gasteiger partial charge >= 0.3 is 0 Å².